The molecule has 1 aromatic carbocycles. The molecular weight excluding hydrogens is 290 g/mol. The van der Waals surface area contributed by atoms with Crippen molar-refractivity contribution in [3.05, 3.63) is 46.5 Å². The molecule has 0 atom stereocenters. The topological polar surface area (TPSA) is 61.4 Å². The number of rotatable bonds is 4. The smallest absolute Gasteiger partial charge is 0.326 e. The average Bonchev–Trinajstić information content (AvgIpc) is 3.08. The molecule has 108 valence electrons. The van der Waals surface area contributed by atoms with Gasteiger partial charge in [0.1, 0.15) is 6.54 Å². The Morgan fingerprint density at radius 3 is 2.95 bits per heavy atom. The van der Waals surface area contributed by atoms with E-state index in [0.717, 1.165) is 32.7 Å². The van der Waals surface area contributed by atoms with Gasteiger partial charge in [-0.25, -0.2) is 0 Å². The number of thiazole rings is 1. The summed E-state index contributed by atoms with van der Waals surface area (Å²) in [5.41, 5.74) is 2.47. The second-order valence-corrected chi connectivity index (χ2v) is 5.42. The van der Waals surface area contributed by atoms with Crippen LogP contribution in [-0.2, 0) is 16.1 Å². The third-order valence-electron chi connectivity index (χ3n) is 3.11. The summed E-state index contributed by atoms with van der Waals surface area (Å²) in [4.78, 5) is 23.7. The average molecular weight is 303 g/mol. The molecule has 0 saturated carbocycles. The number of hydrogen-bond acceptors (Lipinski definition) is 5. The number of benzene rings is 1. The van der Waals surface area contributed by atoms with Crippen LogP contribution in [0.2, 0.25) is 0 Å². The van der Waals surface area contributed by atoms with Crippen LogP contribution in [0.15, 0.2) is 46.0 Å². The number of carbonyl (C=O) groups is 1. The molecule has 0 radical (unpaired) electrons. The second-order valence-electron chi connectivity index (χ2n) is 4.42. The van der Waals surface area contributed by atoms with E-state index in [1.807, 2.05) is 24.3 Å². The van der Waals surface area contributed by atoms with Gasteiger partial charge in [0.25, 0.3) is 0 Å². The molecule has 2 aromatic heterocycles. The van der Waals surface area contributed by atoms with Gasteiger partial charge in [0.15, 0.2) is 0 Å². The fraction of sp³-hybridized carbons (Fsp3) is 0.200. The summed E-state index contributed by atoms with van der Waals surface area (Å²) in [5, 5.41) is 0. The summed E-state index contributed by atoms with van der Waals surface area (Å²) < 4.78 is 12.3. The van der Waals surface area contributed by atoms with Crippen LogP contribution in [0.25, 0.3) is 21.3 Å². The maximum Gasteiger partial charge on any atom is 0.326 e. The number of ether oxygens (including phenoxy) is 1. The SMILES string of the molecule is CCOC(=O)Cn1c(=O)sc2cccc(-c3ccoc3)c21. The largest absolute Gasteiger partial charge is 0.472 e. The van der Waals surface area contributed by atoms with Gasteiger partial charge in [-0.3, -0.25) is 14.2 Å². The molecule has 6 heteroatoms. The van der Waals surface area contributed by atoms with E-state index >= 15 is 0 Å². The van der Waals surface area contributed by atoms with Gasteiger partial charge in [-0.15, -0.1) is 0 Å². The van der Waals surface area contributed by atoms with Gasteiger partial charge in [-0.2, -0.15) is 0 Å². The lowest BCUT2D eigenvalue weighted by Gasteiger charge is -2.07. The molecular formula is C15H13NO4S. The number of fused-ring (bicyclic) bond motifs is 1. The molecule has 0 fully saturated rings. The van der Waals surface area contributed by atoms with Gasteiger partial charge in [0.2, 0.25) is 0 Å². The van der Waals surface area contributed by atoms with E-state index in [1.165, 1.54) is 4.57 Å². The van der Waals surface area contributed by atoms with Crippen molar-refractivity contribution in [2.75, 3.05) is 6.61 Å². The zero-order valence-electron chi connectivity index (χ0n) is 11.4. The molecule has 3 aromatic rings. The van der Waals surface area contributed by atoms with Gasteiger partial charge in [-0.1, -0.05) is 23.5 Å². The molecule has 0 N–H and O–H groups in total. The van der Waals surface area contributed by atoms with Crippen LogP contribution in [0.4, 0.5) is 0 Å². The van der Waals surface area contributed by atoms with Crippen LogP contribution in [0.3, 0.4) is 0 Å². The second kappa shape index (κ2) is 5.57. The van der Waals surface area contributed by atoms with E-state index < -0.39 is 5.97 Å². The first-order valence-corrected chi connectivity index (χ1v) is 7.33. The van der Waals surface area contributed by atoms with E-state index in [9.17, 15) is 9.59 Å². The van der Waals surface area contributed by atoms with Gasteiger partial charge in [-0.05, 0) is 19.1 Å². The Labute approximate surface area is 124 Å². The molecule has 0 aliphatic heterocycles. The molecule has 0 aliphatic rings. The van der Waals surface area contributed by atoms with Crippen LogP contribution in [0.1, 0.15) is 6.92 Å². The standard InChI is InChI=1S/C15H13NO4S/c1-2-20-13(17)8-16-14-11(10-6-7-19-9-10)4-3-5-12(14)21-15(16)18/h3-7,9H,2,8H2,1H3. The van der Waals surface area contributed by atoms with E-state index in [-0.39, 0.29) is 11.4 Å². The summed E-state index contributed by atoms with van der Waals surface area (Å²) in [6, 6.07) is 7.48. The molecule has 0 aliphatic carbocycles. The number of aromatic nitrogens is 1. The van der Waals surface area contributed by atoms with Crippen molar-refractivity contribution in [2.45, 2.75) is 13.5 Å². The van der Waals surface area contributed by atoms with E-state index in [4.69, 9.17) is 9.15 Å². The maximum absolute atomic E-state index is 12.2. The van der Waals surface area contributed by atoms with Crippen LogP contribution in [0, 0.1) is 0 Å². The van der Waals surface area contributed by atoms with Gasteiger partial charge >= 0.3 is 10.8 Å². The first-order valence-electron chi connectivity index (χ1n) is 6.51. The number of carbonyl (C=O) groups excluding carboxylic acids is 1. The predicted molar refractivity (Wildman–Crippen MR) is 80.4 cm³/mol. The lowest BCUT2D eigenvalue weighted by Crippen LogP contribution is -2.21. The van der Waals surface area contributed by atoms with Crippen LogP contribution >= 0.6 is 11.3 Å². The van der Waals surface area contributed by atoms with Crippen LogP contribution in [0.5, 0.6) is 0 Å². The molecule has 0 saturated heterocycles. The highest BCUT2D eigenvalue weighted by atomic mass is 32.1. The Morgan fingerprint density at radius 2 is 2.24 bits per heavy atom. The number of furan rings is 1. The number of para-hydroxylation sites is 1. The van der Waals surface area contributed by atoms with Crippen LogP contribution < -0.4 is 4.87 Å². The van der Waals surface area contributed by atoms with E-state index in [0.29, 0.717) is 6.61 Å². The molecule has 0 unspecified atom stereocenters. The highest BCUT2D eigenvalue weighted by Crippen LogP contribution is 2.30. The first-order chi connectivity index (χ1) is 10.2. The van der Waals surface area contributed by atoms with Gasteiger partial charge < -0.3 is 9.15 Å². The summed E-state index contributed by atoms with van der Waals surface area (Å²) in [6.07, 6.45) is 3.19. The fourth-order valence-corrected chi connectivity index (χ4v) is 3.17. The molecule has 21 heavy (non-hydrogen) atoms. The van der Waals surface area contributed by atoms with Crippen molar-refractivity contribution in [3.63, 3.8) is 0 Å². The Kier molecular flexibility index (Phi) is 3.62. The number of hydrogen-bond donors (Lipinski definition) is 0. The van der Waals surface area contributed by atoms with Crippen molar-refractivity contribution in [1.82, 2.24) is 4.57 Å². The quantitative estimate of drug-likeness (QED) is 0.695. The molecule has 3 rings (SSSR count). The zero-order chi connectivity index (χ0) is 14.8. The normalized spacial score (nSPS) is 10.9. The first kappa shape index (κ1) is 13.6. The third-order valence-corrected chi connectivity index (χ3v) is 4.06. The highest BCUT2D eigenvalue weighted by molar-refractivity contribution is 7.16. The predicted octanol–water partition coefficient (Wildman–Crippen LogP) is 2.89. The minimum atomic E-state index is -0.415. The summed E-state index contributed by atoms with van der Waals surface area (Å²) in [5.74, 6) is -0.415. The van der Waals surface area contributed by atoms with E-state index in [1.54, 1.807) is 19.5 Å². The molecule has 0 amide bonds. The molecule has 2 heterocycles. The van der Waals surface area contributed by atoms with E-state index in [2.05, 4.69) is 0 Å². The number of nitrogens with zero attached hydrogens (tertiary/aromatic N) is 1. The van der Waals surface area contributed by atoms with Crippen molar-refractivity contribution < 1.29 is 13.9 Å². The zero-order valence-corrected chi connectivity index (χ0v) is 12.2. The minimum Gasteiger partial charge on any atom is -0.472 e. The van der Waals surface area contributed by atoms with Gasteiger partial charge in [0.05, 0.1) is 29.3 Å². The molecule has 0 bridgehead atoms. The Balaban J connectivity index is 2.17. The molecule has 0 spiro atoms. The van der Waals surface area contributed by atoms with Crippen molar-refractivity contribution in [2.24, 2.45) is 0 Å². The Morgan fingerprint density at radius 1 is 1.38 bits per heavy atom. The minimum absolute atomic E-state index is 0.0818. The highest BCUT2D eigenvalue weighted by Gasteiger charge is 2.16. The Bertz CT molecular complexity index is 829. The summed E-state index contributed by atoms with van der Waals surface area (Å²) in [6.45, 7) is 1.95. The fourth-order valence-electron chi connectivity index (χ4n) is 2.25. The van der Waals surface area contributed by atoms with Crippen molar-refractivity contribution in [3.8, 4) is 11.1 Å². The summed E-state index contributed by atoms with van der Waals surface area (Å²) in [7, 11) is 0. The van der Waals surface area contributed by atoms with Crippen LogP contribution in [-0.4, -0.2) is 17.1 Å². The molecule has 5 nitrogen and oxygen atoms in total. The monoisotopic (exact) mass is 303 g/mol. The third kappa shape index (κ3) is 2.50. The van der Waals surface area contributed by atoms with Crippen molar-refractivity contribution >= 4 is 27.5 Å². The summed E-state index contributed by atoms with van der Waals surface area (Å²) >= 11 is 1.12. The lowest BCUT2D eigenvalue weighted by molar-refractivity contribution is -0.143. The maximum atomic E-state index is 12.2. The van der Waals surface area contributed by atoms with Gasteiger partial charge in [0, 0.05) is 11.1 Å². The Hall–Kier alpha value is -2.34. The number of esters is 1. The lowest BCUT2D eigenvalue weighted by atomic mass is 10.1. The van der Waals surface area contributed by atoms with Crippen molar-refractivity contribution in [1.29, 1.82) is 0 Å².